The van der Waals surface area contributed by atoms with Gasteiger partial charge in [0.25, 0.3) is 0 Å². The van der Waals surface area contributed by atoms with Gasteiger partial charge in [-0.3, -0.25) is 4.68 Å². The number of aromatic nitrogens is 2. The molecule has 2 N–H and O–H groups in total. The molecule has 0 saturated heterocycles. The van der Waals surface area contributed by atoms with Crippen molar-refractivity contribution in [3.63, 3.8) is 0 Å². The van der Waals surface area contributed by atoms with Crippen LogP contribution >= 0.6 is 12.2 Å². The number of hydrogen-bond donors (Lipinski definition) is 2. The van der Waals surface area contributed by atoms with Gasteiger partial charge in [0.15, 0.2) is 5.11 Å². The maximum Gasteiger partial charge on any atom is 0.171 e. The first-order valence-electron chi connectivity index (χ1n) is 8.82. The Labute approximate surface area is 164 Å². The first kappa shape index (κ1) is 19.0. The second kappa shape index (κ2) is 8.31. The smallest absolute Gasteiger partial charge is 0.171 e. The van der Waals surface area contributed by atoms with Crippen LogP contribution in [0.3, 0.4) is 0 Å². The third kappa shape index (κ3) is 4.71. The SMILES string of the molecule is Cc1ccc(NC(=S)NCc2c(C)nn(Cc3ccccc3)c2C)cc1F. The Hall–Kier alpha value is -2.73. The second-order valence-corrected chi connectivity index (χ2v) is 6.97. The van der Waals surface area contributed by atoms with Gasteiger partial charge in [0, 0.05) is 23.5 Å². The normalized spacial score (nSPS) is 10.7. The fraction of sp³-hybridized carbons (Fsp3) is 0.238. The van der Waals surface area contributed by atoms with Gasteiger partial charge in [-0.25, -0.2) is 4.39 Å². The lowest BCUT2D eigenvalue weighted by Crippen LogP contribution is -2.28. The molecule has 0 aliphatic rings. The Morgan fingerprint density at radius 3 is 2.56 bits per heavy atom. The minimum Gasteiger partial charge on any atom is -0.358 e. The summed E-state index contributed by atoms with van der Waals surface area (Å²) in [6.07, 6.45) is 0. The molecule has 0 atom stereocenters. The number of thiocarbonyl (C=S) groups is 1. The summed E-state index contributed by atoms with van der Waals surface area (Å²) in [6.45, 7) is 7.09. The molecular formula is C21H23FN4S. The first-order chi connectivity index (χ1) is 12.9. The number of rotatable bonds is 5. The minimum absolute atomic E-state index is 0.253. The highest BCUT2D eigenvalue weighted by atomic mass is 32.1. The quantitative estimate of drug-likeness (QED) is 0.639. The van der Waals surface area contributed by atoms with E-state index in [1.807, 2.05) is 29.8 Å². The predicted molar refractivity (Wildman–Crippen MR) is 111 cm³/mol. The van der Waals surface area contributed by atoms with Crippen LogP contribution in [0.1, 0.15) is 28.1 Å². The molecule has 0 unspecified atom stereocenters. The van der Waals surface area contributed by atoms with E-state index in [9.17, 15) is 4.39 Å². The van der Waals surface area contributed by atoms with Crippen LogP contribution in [0.15, 0.2) is 48.5 Å². The van der Waals surface area contributed by atoms with Crippen LogP contribution in [0.4, 0.5) is 10.1 Å². The fourth-order valence-corrected chi connectivity index (χ4v) is 3.10. The third-order valence-corrected chi connectivity index (χ3v) is 4.81. The molecule has 0 bridgehead atoms. The van der Waals surface area contributed by atoms with Crippen LogP contribution in [0.25, 0.3) is 0 Å². The Morgan fingerprint density at radius 1 is 1.11 bits per heavy atom. The Bertz CT molecular complexity index is 950. The minimum atomic E-state index is -0.253. The van der Waals surface area contributed by atoms with Gasteiger partial charge in [-0.1, -0.05) is 36.4 Å². The van der Waals surface area contributed by atoms with Crippen LogP contribution in [0.2, 0.25) is 0 Å². The molecule has 0 radical (unpaired) electrons. The molecule has 0 fully saturated rings. The average Bonchev–Trinajstić information content (AvgIpc) is 2.90. The van der Waals surface area contributed by atoms with Crippen molar-refractivity contribution in [3.8, 4) is 0 Å². The van der Waals surface area contributed by atoms with E-state index in [1.54, 1.807) is 19.1 Å². The number of hydrogen-bond acceptors (Lipinski definition) is 2. The van der Waals surface area contributed by atoms with E-state index >= 15 is 0 Å². The molecule has 2 aromatic carbocycles. The zero-order valence-electron chi connectivity index (χ0n) is 15.7. The molecule has 0 saturated carbocycles. The number of anilines is 1. The topological polar surface area (TPSA) is 41.9 Å². The number of nitrogens with one attached hydrogen (secondary N) is 2. The highest BCUT2D eigenvalue weighted by molar-refractivity contribution is 7.80. The van der Waals surface area contributed by atoms with E-state index in [2.05, 4.69) is 34.8 Å². The Morgan fingerprint density at radius 2 is 1.85 bits per heavy atom. The standard InChI is InChI=1S/C21H23FN4S/c1-14-9-10-18(11-20(14)22)24-21(27)23-12-19-15(2)25-26(16(19)3)13-17-7-5-4-6-8-17/h4-11H,12-13H2,1-3H3,(H2,23,24,27). The molecule has 3 rings (SSSR count). The summed E-state index contributed by atoms with van der Waals surface area (Å²) in [5.41, 5.74) is 5.64. The molecule has 0 amide bonds. The molecule has 6 heteroatoms. The second-order valence-electron chi connectivity index (χ2n) is 6.56. The molecule has 0 aliphatic carbocycles. The Balaban J connectivity index is 1.63. The highest BCUT2D eigenvalue weighted by Gasteiger charge is 2.12. The molecule has 0 spiro atoms. The zero-order chi connectivity index (χ0) is 19.4. The summed E-state index contributed by atoms with van der Waals surface area (Å²) in [7, 11) is 0. The maximum absolute atomic E-state index is 13.7. The summed E-state index contributed by atoms with van der Waals surface area (Å²) in [4.78, 5) is 0. The van der Waals surface area contributed by atoms with Gasteiger partial charge in [-0.05, 0) is 56.2 Å². The number of halogens is 1. The van der Waals surface area contributed by atoms with Crippen LogP contribution in [-0.2, 0) is 13.1 Å². The lowest BCUT2D eigenvalue weighted by molar-refractivity contribution is 0.619. The summed E-state index contributed by atoms with van der Waals surface area (Å²) in [5.74, 6) is -0.253. The fourth-order valence-electron chi connectivity index (χ4n) is 2.91. The number of aryl methyl sites for hydroxylation is 2. The highest BCUT2D eigenvalue weighted by Crippen LogP contribution is 2.16. The van der Waals surface area contributed by atoms with E-state index in [1.165, 1.54) is 11.6 Å². The van der Waals surface area contributed by atoms with Crippen molar-refractivity contribution >= 4 is 23.0 Å². The molecule has 1 heterocycles. The molecule has 27 heavy (non-hydrogen) atoms. The molecule has 3 aromatic rings. The molecule has 0 aliphatic heterocycles. The molecule has 1 aromatic heterocycles. The van der Waals surface area contributed by atoms with E-state index in [-0.39, 0.29) is 5.82 Å². The van der Waals surface area contributed by atoms with Crippen molar-refractivity contribution in [1.82, 2.24) is 15.1 Å². The summed E-state index contributed by atoms with van der Waals surface area (Å²) < 4.78 is 15.7. The zero-order valence-corrected chi connectivity index (χ0v) is 16.5. The van der Waals surface area contributed by atoms with E-state index in [0.29, 0.717) is 22.9 Å². The largest absolute Gasteiger partial charge is 0.358 e. The summed E-state index contributed by atoms with van der Waals surface area (Å²) in [6, 6.07) is 15.2. The lowest BCUT2D eigenvalue weighted by Gasteiger charge is -2.12. The van der Waals surface area contributed by atoms with Gasteiger partial charge in [0.2, 0.25) is 0 Å². The van der Waals surface area contributed by atoms with Crippen molar-refractivity contribution in [1.29, 1.82) is 0 Å². The monoisotopic (exact) mass is 382 g/mol. The summed E-state index contributed by atoms with van der Waals surface area (Å²) >= 11 is 5.34. The number of benzene rings is 2. The van der Waals surface area contributed by atoms with E-state index < -0.39 is 0 Å². The van der Waals surface area contributed by atoms with Gasteiger partial charge >= 0.3 is 0 Å². The van der Waals surface area contributed by atoms with Gasteiger partial charge in [-0.2, -0.15) is 5.10 Å². The van der Waals surface area contributed by atoms with Crippen LogP contribution in [-0.4, -0.2) is 14.9 Å². The van der Waals surface area contributed by atoms with Gasteiger partial charge < -0.3 is 10.6 Å². The molecule has 140 valence electrons. The van der Waals surface area contributed by atoms with E-state index in [4.69, 9.17) is 12.2 Å². The number of nitrogens with zero attached hydrogens (tertiary/aromatic N) is 2. The predicted octanol–water partition coefficient (Wildman–Crippen LogP) is 4.48. The lowest BCUT2D eigenvalue weighted by atomic mass is 10.2. The summed E-state index contributed by atoms with van der Waals surface area (Å²) in [5, 5.41) is 11.3. The maximum atomic E-state index is 13.7. The third-order valence-electron chi connectivity index (χ3n) is 4.56. The van der Waals surface area contributed by atoms with Gasteiger partial charge in [0.1, 0.15) is 5.82 Å². The van der Waals surface area contributed by atoms with Crippen LogP contribution in [0.5, 0.6) is 0 Å². The van der Waals surface area contributed by atoms with Crippen molar-refractivity contribution in [2.75, 3.05) is 5.32 Å². The van der Waals surface area contributed by atoms with Crippen LogP contribution in [0, 0.1) is 26.6 Å². The Kier molecular flexibility index (Phi) is 5.86. The van der Waals surface area contributed by atoms with Crippen molar-refractivity contribution in [2.45, 2.75) is 33.9 Å². The average molecular weight is 383 g/mol. The first-order valence-corrected chi connectivity index (χ1v) is 9.22. The van der Waals surface area contributed by atoms with E-state index in [0.717, 1.165) is 23.5 Å². The van der Waals surface area contributed by atoms with Gasteiger partial charge in [-0.15, -0.1) is 0 Å². The molecular weight excluding hydrogens is 359 g/mol. The van der Waals surface area contributed by atoms with Crippen molar-refractivity contribution in [3.05, 3.63) is 82.4 Å². The van der Waals surface area contributed by atoms with Crippen molar-refractivity contribution in [2.24, 2.45) is 0 Å². The van der Waals surface area contributed by atoms with Gasteiger partial charge in [0.05, 0.1) is 12.2 Å². The van der Waals surface area contributed by atoms with Crippen molar-refractivity contribution < 1.29 is 4.39 Å². The van der Waals surface area contributed by atoms with Crippen LogP contribution < -0.4 is 10.6 Å². The molecule has 4 nitrogen and oxygen atoms in total.